The normalized spacial score (nSPS) is 10.6. The number of methoxy groups -OCH3 is 2. The van der Waals surface area contributed by atoms with E-state index in [0.29, 0.717) is 5.88 Å². The van der Waals surface area contributed by atoms with Crippen LogP contribution < -0.4 is 9.47 Å². The Labute approximate surface area is 108 Å². The number of rotatable bonds is 6. The van der Waals surface area contributed by atoms with Gasteiger partial charge in [-0.1, -0.05) is 6.07 Å². The monoisotopic (exact) mass is 255 g/mol. The Bertz CT molecular complexity index is 380. The molecule has 0 fully saturated rings. The molecule has 0 saturated carbocycles. The van der Waals surface area contributed by atoms with Crippen LogP contribution in [0.4, 0.5) is 0 Å². The zero-order chi connectivity index (χ0) is 12.7. The van der Waals surface area contributed by atoms with Crippen molar-refractivity contribution in [3.8, 4) is 11.5 Å². The van der Waals surface area contributed by atoms with Gasteiger partial charge in [-0.3, -0.25) is 0 Å². The summed E-state index contributed by atoms with van der Waals surface area (Å²) >= 11 is 5.65. The van der Waals surface area contributed by atoms with Crippen LogP contribution in [-0.4, -0.2) is 38.6 Å². The molecule has 1 rings (SSSR count). The second kappa shape index (κ2) is 7.07. The molecule has 0 aliphatic rings. The summed E-state index contributed by atoms with van der Waals surface area (Å²) in [5, 5.41) is 0. The smallest absolute Gasteiger partial charge is 0.161 e. The third kappa shape index (κ3) is 4.19. The van der Waals surface area contributed by atoms with Crippen LogP contribution in [0.1, 0.15) is 5.56 Å². The zero-order valence-electron chi connectivity index (χ0n) is 10.4. The molecule has 0 spiro atoms. The number of halogens is 1. The SMILES string of the molecule is COc1ccc(C=CN(C)CCCl)cc1OC. The average molecular weight is 256 g/mol. The van der Waals surface area contributed by atoms with E-state index in [1.54, 1.807) is 14.2 Å². The Morgan fingerprint density at radius 3 is 2.53 bits per heavy atom. The van der Waals surface area contributed by atoms with E-state index >= 15 is 0 Å². The second-order valence-corrected chi connectivity index (χ2v) is 3.98. The van der Waals surface area contributed by atoms with Gasteiger partial charge in [-0.25, -0.2) is 0 Å². The zero-order valence-corrected chi connectivity index (χ0v) is 11.2. The van der Waals surface area contributed by atoms with Gasteiger partial charge in [0.25, 0.3) is 0 Å². The van der Waals surface area contributed by atoms with Crippen LogP contribution in [-0.2, 0) is 0 Å². The molecule has 0 aliphatic heterocycles. The molecule has 0 atom stereocenters. The van der Waals surface area contributed by atoms with E-state index in [1.807, 2.05) is 42.4 Å². The van der Waals surface area contributed by atoms with Crippen LogP contribution in [0.25, 0.3) is 6.08 Å². The van der Waals surface area contributed by atoms with Crippen LogP contribution in [0.15, 0.2) is 24.4 Å². The molecule has 0 amide bonds. The Balaban J connectivity index is 2.78. The molecule has 1 aromatic rings. The minimum atomic E-state index is 0.618. The maximum atomic E-state index is 5.65. The summed E-state index contributed by atoms with van der Waals surface area (Å²) in [6.45, 7) is 0.825. The Morgan fingerprint density at radius 2 is 1.94 bits per heavy atom. The molecule has 0 N–H and O–H groups in total. The summed E-state index contributed by atoms with van der Waals surface area (Å²) in [5.41, 5.74) is 1.06. The number of hydrogen-bond donors (Lipinski definition) is 0. The van der Waals surface area contributed by atoms with Crippen molar-refractivity contribution in [2.24, 2.45) is 0 Å². The molecular formula is C13H18ClNO2. The van der Waals surface area contributed by atoms with Crippen LogP contribution in [0.2, 0.25) is 0 Å². The third-order valence-electron chi connectivity index (χ3n) is 2.37. The van der Waals surface area contributed by atoms with E-state index in [0.717, 1.165) is 23.6 Å². The van der Waals surface area contributed by atoms with Crippen molar-refractivity contribution < 1.29 is 9.47 Å². The van der Waals surface area contributed by atoms with Crippen LogP contribution in [0, 0.1) is 0 Å². The highest BCUT2D eigenvalue weighted by Gasteiger charge is 2.02. The lowest BCUT2D eigenvalue weighted by Crippen LogP contribution is -2.12. The molecule has 0 aromatic heterocycles. The van der Waals surface area contributed by atoms with Crippen molar-refractivity contribution in [1.82, 2.24) is 4.90 Å². The fraction of sp³-hybridized carbons (Fsp3) is 0.385. The van der Waals surface area contributed by atoms with E-state index < -0.39 is 0 Å². The van der Waals surface area contributed by atoms with Gasteiger partial charge in [0, 0.05) is 19.5 Å². The van der Waals surface area contributed by atoms with Crippen LogP contribution >= 0.6 is 11.6 Å². The standard InChI is InChI=1S/C13H18ClNO2/c1-15(9-7-14)8-6-11-4-5-12(16-2)13(10-11)17-3/h4-6,8,10H,7,9H2,1-3H3. The van der Waals surface area contributed by atoms with Crippen LogP contribution in [0.5, 0.6) is 11.5 Å². The molecule has 0 radical (unpaired) electrons. The van der Waals surface area contributed by atoms with E-state index in [1.165, 1.54) is 0 Å². The maximum Gasteiger partial charge on any atom is 0.161 e. The molecule has 3 nitrogen and oxygen atoms in total. The number of hydrogen-bond acceptors (Lipinski definition) is 3. The summed E-state index contributed by atoms with van der Waals surface area (Å²) in [6, 6.07) is 5.80. The van der Waals surface area contributed by atoms with E-state index in [-0.39, 0.29) is 0 Å². The largest absolute Gasteiger partial charge is 0.493 e. The molecule has 0 heterocycles. The van der Waals surface area contributed by atoms with Crippen molar-refractivity contribution >= 4 is 17.7 Å². The van der Waals surface area contributed by atoms with Gasteiger partial charge >= 0.3 is 0 Å². The highest BCUT2D eigenvalue weighted by atomic mass is 35.5. The van der Waals surface area contributed by atoms with Gasteiger partial charge in [-0.2, -0.15) is 0 Å². The fourth-order valence-electron chi connectivity index (χ4n) is 1.38. The lowest BCUT2D eigenvalue weighted by atomic mass is 10.2. The summed E-state index contributed by atoms with van der Waals surface area (Å²) in [5.74, 6) is 2.08. The summed E-state index contributed by atoms with van der Waals surface area (Å²) in [6.07, 6.45) is 4.00. The van der Waals surface area contributed by atoms with Gasteiger partial charge < -0.3 is 14.4 Å². The summed E-state index contributed by atoms with van der Waals surface area (Å²) in [7, 11) is 5.24. The molecule has 0 unspecified atom stereocenters. The van der Waals surface area contributed by atoms with Crippen molar-refractivity contribution in [2.75, 3.05) is 33.7 Å². The molecule has 0 saturated heterocycles. The van der Waals surface area contributed by atoms with Crippen molar-refractivity contribution in [3.05, 3.63) is 30.0 Å². The van der Waals surface area contributed by atoms with Crippen molar-refractivity contribution in [3.63, 3.8) is 0 Å². The molecule has 0 bridgehead atoms. The van der Waals surface area contributed by atoms with Gasteiger partial charge in [0.05, 0.1) is 14.2 Å². The quantitative estimate of drug-likeness (QED) is 0.730. The van der Waals surface area contributed by atoms with Crippen molar-refractivity contribution in [2.45, 2.75) is 0 Å². The van der Waals surface area contributed by atoms with Gasteiger partial charge in [-0.15, -0.1) is 11.6 Å². The number of nitrogens with zero attached hydrogens (tertiary/aromatic N) is 1. The highest BCUT2D eigenvalue weighted by Crippen LogP contribution is 2.27. The lowest BCUT2D eigenvalue weighted by Gasteiger charge is -2.11. The van der Waals surface area contributed by atoms with E-state index in [9.17, 15) is 0 Å². The average Bonchev–Trinajstić information content (AvgIpc) is 2.36. The predicted octanol–water partition coefficient (Wildman–Crippen LogP) is 2.85. The minimum absolute atomic E-state index is 0.618. The molecule has 1 aromatic carbocycles. The first kappa shape index (κ1) is 13.7. The lowest BCUT2D eigenvalue weighted by molar-refractivity contribution is 0.355. The number of benzene rings is 1. The van der Waals surface area contributed by atoms with E-state index in [4.69, 9.17) is 21.1 Å². The summed E-state index contributed by atoms with van der Waals surface area (Å²) < 4.78 is 10.4. The number of alkyl halides is 1. The molecular weight excluding hydrogens is 238 g/mol. The van der Waals surface area contributed by atoms with Gasteiger partial charge in [-0.05, 0) is 30.0 Å². The summed E-state index contributed by atoms with van der Waals surface area (Å²) in [4.78, 5) is 2.03. The van der Waals surface area contributed by atoms with Crippen molar-refractivity contribution in [1.29, 1.82) is 0 Å². The number of ether oxygens (including phenoxy) is 2. The molecule has 17 heavy (non-hydrogen) atoms. The fourth-order valence-corrected chi connectivity index (χ4v) is 1.64. The Hall–Kier alpha value is -1.35. The minimum Gasteiger partial charge on any atom is -0.493 e. The second-order valence-electron chi connectivity index (χ2n) is 3.60. The first-order valence-electron chi connectivity index (χ1n) is 5.37. The van der Waals surface area contributed by atoms with E-state index in [2.05, 4.69) is 0 Å². The van der Waals surface area contributed by atoms with Gasteiger partial charge in [0.15, 0.2) is 11.5 Å². The maximum absolute atomic E-state index is 5.65. The van der Waals surface area contributed by atoms with Crippen LogP contribution in [0.3, 0.4) is 0 Å². The highest BCUT2D eigenvalue weighted by molar-refractivity contribution is 6.18. The first-order chi connectivity index (χ1) is 8.21. The third-order valence-corrected chi connectivity index (χ3v) is 2.54. The van der Waals surface area contributed by atoms with Gasteiger partial charge in [0.1, 0.15) is 0 Å². The Morgan fingerprint density at radius 1 is 1.24 bits per heavy atom. The first-order valence-corrected chi connectivity index (χ1v) is 5.91. The molecule has 0 aliphatic carbocycles. The van der Waals surface area contributed by atoms with Gasteiger partial charge in [0.2, 0.25) is 0 Å². The topological polar surface area (TPSA) is 21.7 Å². The predicted molar refractivity (Wildman–Crippen MR) is 71.9 cm³/mol. The Kier molecular flexibility index (Phi) is 5.70. The molecule has 4 heteroatoms. The molecule has 94 valence electrons.